The van der Waals surface area contributed by atoms with E-state index in [4.69, 9.17) is 19.2 Å². The molecule has 1 unspecified atom stereocenters. The van der Waals surface area contributed by atoms with Gasteiger partial charge in [-0.25, -0.2) is 14.6 Å². The van der Waals surface area contributed by atoms with Crippen LogP contribution in [0.5, 0.6) is 5.75 Å². The highest BCUT2D eigenvalue weighted by Gasteiger charge is 2.30. The largest absolute Gasteiger partial charge is 0.458 e. The number of benzene rings is 3. The Bertz CT molecular complexity index is 1700. The summed E-state index contributed by atoms with van der Waals surface area (Å²) in [4.78, 5) is 43.8. The van der Waals surface area contributed by atoms with E-state index in [1.165, 1.54) is 0 Å². The van der Waals surface area contributed by atoms with Gasteiger partial charge in [-0.15, -0.1) is 0 Å². The summed E-state index contributed by atoms with van der Waals surface area (Å²) in [6.07, 6.45) is 0.636. The zero-order chi connectivity index (χ0) is 29.0. The van der Waals surface area contributed by atoms with Gasteiger partial charge in [0, 0.05) is 11.8 Å². The molecule has 2 aromatic heterocycles. The molecule has 9 nitrogen and oxygen atoms in total. The van der Waals surface area contributed by atoms with Crippen LogP contribution in [0.1, 0.15) is 32.8 Å². The van der Waals surface area contributed by atoms with E-state index < -0.39 is 36.1 Å². The number of nitrogens with zero attached hydrogens (tertiary/aromatic N) is 2. The quantitative estimate of drug-likeness (QED) is 0.176. The van der Waals surface area contributed by atoms with Crippen molar-refractivity contribution in [1.29, 1.82) is 0 Å². The van der Waals surface area contributed by atoms with Crippen LogP contribution in [0.2, 0.25) is 0 Å². The molecular formula is C31H29N3O6S. The lowest BCUT2D eigenvalue weighted by atomic mass is 10.1. The highest BCUT2D eigenvalue weighted by Crippen LogP contribution is 2.30. The van der Waals surface area contributed by atoms with Crippen molar-refractivity contribution < 1.29 is 28.6 Å². The first-order valence-corrected chi connectivity index (χ1v) is 13.8. The van der Waals surface area contributed by atoms with Gasteiger partial charge in [0.15, 0.2) is 4.96 Å². The Hall–Kier alpha value is -4.70. The molecule has 0 aliphatic heterocycles. The standard InChI is InChI=1S/C31H29N3O6S/c1-31(2,3)40-28(36)23(33-30(37)38-19-20-10-5-4-6-11-20)17-27(35)39-22-13-9-12-21(16-22)24-18-34-25-14-7-8-15-26(25)41-29(34)32-24/h4-16,18,23H,17,19H2,1-3H3,(H,33,37). The van der Waals surface area contributed by atoms with Crippen LogP contribution in [-0.2, 0) is 25.7 Å². The highest BCUT2D eigenvalue weighted by molar-refractivity contribution is 7.23. The minimum Gasteiger partial charge on any atom is -0.458 e. The van der Waals surface area contributed by atoms with Gasteiger partial charge in [-0.3, -0.25) is 9.20 Å². The van der Waals surface area contributed by atoms with E-state index in [-0.39, 0.29) is 12.4 Å². The Balaban J connectivity index is 1.26. The zero-order valence-electron chi connectivity index (χ0n) is 22.8. The van der Waals surface area contributed by atoms with Gasteiger partial charge in [0.25, 0.3) is 0 Å². The SMILES string of the molecule is CC(C)(C)OC(=O)C(CC(=O)Oc1cccc(-c2cn3c(n2)sc2ccccc23)c1)NC(=O)OCc1ccccc1. The Morgan fingerprint density at radius 3 is 2.51 bits per heavy atom. The summed E-state index contributed by atoms with van der Waals surface area (Å²) in [5, 5.41) is 2.44. The lowest BCUT2D eigenvalue weighted by Gasteiger charge is -2.24. The molecule has 5 rings (SSSR count). The zero-order valence-corrected chi connectivity index (χ0v) is 23.6. The first-order chi connectivity index (χ1) is 19.6. The number of aromatic nitrogens is 2. The van der Waals surface area contributed by atoms with Crippen molar-refractivity contribution in [2.24, 2.45) is 0 Å². The van der Waals surface area contributed by atoms with Gasteiger partial charge in [0.05, 0.1) is 22.3 Å². The molecule has 2 heterocycles. The van der Waals surface area contributed by atoms with Crippen LogP contribution in [-0.4, -0.2) is 39.1 Å². The second-order valence-corrected chi connectivity index (χ2v) is 11.4. The van der Waals surface area contributed by atoms with Crippen LogP contribution in [0.3, 0.4) is 0 Å². The minimum atomic E-state index is -1.30. The van der Waals surface area contributed by atoms with Crippen LogP contribution in [0.15, 0.2) is 85.1 Å². The molecule has 210 valence electrons. The normalized spacial score (nSPS) is 12.2. The van der Waals surface area contributed by atoms with Crippen molar-refractivity contribution in [1.82, 2.24) is 14.7 Å². The molecule has 0 fully saturated rings. The second-order valence-electron chi connectivity index (χ2n) is 10.3. The summed E-state index contributed by atoms with van der Waals surface area (Å²) in [5.74, 6) is -1.22. The second kappa shape index (κ2) is 11.8. The number of esters is 2. The average Bonchev–Trinajstić information content (AvgIpc) is 3.50. The first-order valence-electron chi connectivity index (χ1n) is 13.0. The number of hydrogen-bond acceptors (Lipinski definition) is 8. The summed E-state index contributed by atoms with van der Waals surface area (Å²) >= 11 is 1.59. The molecule has 0 saturated carbocycles. The molecule has 0 bridgehead atoms. The summed E-state index contributed by atoms with van der Waals surface area (Å²) in [6.45, 7) is 5.10. The fourth-order valence-corrected chi connectivity index (χ4v) is 5.13. The van der Waals surface area contributed by atoms with Crippen molar-refractivity contribution in [3.05, 3.63) is 90.6 Å². The monoisotopic (exact) mass is 571 g/mol. The minimum absolute atomic E-state index is 0.00647. The van der Waals surface area contributed by atoms with E-state index in [0.717, 1.165) is 32.0 Å². The van der Waals surface area contributed by atoms with Crippen molar-refractivity contribution in [3.8, 4) is 17.0 Å². The summed E-state index contributed by atoms with van der Waals surface area (Å²) in [5.41, 5.74) is 2.52. The molecule has 0 aliphatic carbocycles. The molecule has 1 N–H and O–H groups in total. The van der Waals surface area contributed by atoms with Gasteiger partial charge in [-0.1, -0.05) is 65.9 Å². The fraction of sp³-hybridized carbons (Fsp3) is 0.226. The van der Waals surface area contributed by atoms with Crippen molar-refractivity contribution in [2.75, 3.05) is 0 Å². The fourth-order valence-electron chi connectivity index (χ4n) is 4.12. The summed E-state index contributed by atoms with van der Waals surface area (Å²) in [6, 6.07) is 22.8. The molecule has 1 atom stereocenters. The molecule has 0 radical (unpaired) electrons. The van der Waals surface area contributed by atoms with Crippen LogP contribution >= 0.6 is 11.3 Å². The number of alkyl carbamates (subject to hydrolysis) is 1. The van der Waals surface area contributed by atoms with Gasteiger partial charge in [-0.05, 0) is 50.6 Å². The van der Waals surface area contributed by atoms with E-state index in [9.17, 15) is 14.4 Å². The number of ether oxygens (including phenoxy) is 3. The van der Waals surface area contributed by atoms with Gasteiger partial charge in [0.1, 0.15) is 24.0 Å². The number of nitrogens with one attached hydrogen (secondary N) is 1. The third kappa shape index (κ3) is 7.09. The number of fused-ring (bicyclic) bond motifs is 3. The average molecular weight is 572 g/mol. The predicted octanol–water partition coefficient (Wildman–Crippen LogP) is 6.15. The molecule has 0 aliphatic rings. The van der Waals surface area contributed by atoms with Gasteiger partial charge in [0.2, 0.25) is 0 Å². The van der Waals surface area contributed by atoms with Crippen LogP contribution in [0, 0.1) is 0 Å². The first kappa shape index (κ1) is 27.9. The number of carbonyl (C=O) groups excluding carboxylic acids is 3. The lowest BCUT2D eigenvalue weighted by molar-refractivity contribution is -0.159. The number of amides is 1. The summed E-state index contributed by atoms with van der Waals surface area (Å²) < 4.78 is 19.4. The smallest absolute Gasteiger partial charge is 0.408 e. The Labute approximate surface area is 240 Å². The van der Waals surface area contributed by atoms with Crippen LogP contribution in [0.25, 0.3) is 26.4 Å². The van der Waals surface area contributed by atoms with E-state index in [1.54, 1.807) is 62.4 Å². The Morgan fingerprint density at radius 1 is 0.976 bits per heavy atom. The number of para-hydroxylation sites is 1. The van der Waals surface area contributed by atoms with E-state index in [0.29, 0.717) is 0 Å². The summed E-state index contributed by atoms with van der Waals surface area (Å²) in [7, 11) is 0. The van der Waals surface area contributed by atoms with Gasteiger partial charge in [-0.2, -0.15) is 0 Å². The van der Waals surface area contributed by atoms with Gasteiger partial charge < -0.3 is 19.5 Å². The molecular weight excluding hydrogens is 542 g/mol. The van der Waals surface area contributed by atoms with Crippen LogP contribution in [0.4, 0.5) is 4.79 Å². The van der Waals surface area contributed by atoms with E-state index >= 15 is 0 Å². The number of carbonyl (C=O) groups is 3. The highest BCUT2D eigenvalue weighted by atomic mass is 32.1. The number of thiazole rings is 1. The van der Waals surface area contributed by atoms with Gasteiger partial charge >= 0.3 is 18.0 Å². The third-order valence-corrected chi connectivity index (χ3v) is 6.96. The maximum atomic E-state index is 12.9. The molecule has 1 amide bonds. The lowest BCUT2D eigenvalue weighted by Crippen LogP contribution is -2.46. The Morgan fingerprint density at radius 2 is 1.73 bits per heavy atom. The number of imidazole rings is 1. The number of rotatable bonds is 8. The molecule has 5 aromatic rings. The molecule has 10 heteroatoms. The number of hydrogen-bond donors (Lipinski definition) is 1. The van der Waals surface area contributed by atoms with E-state index in [2.05, 4.69) is 11.4 Å². The topological polar surface area (TPSA) is 108 Å². The molecule has 0 saturated heterocycles. The van der Waals surface area contributed by atoms with Crippen molar-refractivity contribution in [3.63, 3.8) is 0 Å². The predicted molar refractivity (Wildman–Crippen MR) is 156 cm³/mol. The Kier molecular flexibility index (Phi) is 8.02. The maximum Gasteiger partial charge on any atom is 0.408 e. The molecule has 3 aromatic carbocycles. The third-order valence-electron chi connectivity index (χ3n) is 5.93. The van der Waals surface area contributed by atoms with E-state index in [1.807, 2.05) is 53.1 Å². The molecule has 41 heavy (non-hydrogen) atoms. The molecule has 0 spiro atoms. The van der Waals surface area contributed by atoms with Crippen molar-refractivity contribution >= 4 is 44.5 Å². The van der Waals surface area contributed by atoms with Crippen molar-refractivity contribution in [2.45, 2.75) is 45.4 Å². The van der Waals surface area contributed by atoms with Crippen LogP contribution < -0.4 is 10.1 Å². The maximum absolute atomic E-state index is 12.9.